The van der Waals surface area contributed by atoms with Gasteiger partial charge in [-0.2, -0.15) is 5.10 Å². The smallest absolute Gasteiger partial charge is 0.138 e. The van der Waals surface area contributed by atoms with Gasteiger partial charge in [0.25, 0.3) is 0 Å². The summed E-state index contributed by atoms with van der Waals surface area (Å²) in [6, 6.07) is 16.3. The van der Waals surface area contributed by atoms with E-state index in [1.165, 1.54) is 18.6 Å². The molecule has 4 aliphatic rings. The summed E-state index contributed by atoms with van der Waals surface area (Å²) < 4.78 is 0. The molecule has 0 spiro atoms. The highest BCUT2D eigenvalue weighted by atomic mass is 16.3. The molecule has 4 aliphatic heterocycles. The molecule has 128 valence electrons. The van der Waals surface area contributed by atoms with E-state index in [-0.39, 0.29) is 11.8 Å². The van der Waals surface area contributed by atoms with Gasteiger partial charge in [0.1, 0.15) is 5.75 Å². The van der Waals surface area contributed by atoms with E-state index in [0.29, 0.717) is 17.6 Å². The van der Waals surface area contributed by atoms with Crippen molar-refractivity contribution in [2.24, 2.45) is 11.0 Å². The summed E-state index contributed by atoms with van der Waals surface area (Å²) in [5.74, 6) is 0.736. The van der Waals surface area contributed by atoms with Gasteiger partial charge in [-0.25, -0.2) is 0 Å². The maximum Gasteiger partial charge on any atom is 0.138 e. The van der Waals surface area contributed by atoms with Crippen LogP contribution in [0.5, 0.6) is 5.75 Å². The Morgan fingerprint density at radius 3 is 2.48 bits per heavy atom. The number of aromatic hydroxyl groups is 1. The van der Waals surface area contributed by atoms with Crippen molar-refractivity contribution in [2.75, 3.05) is 23.8 Å². The predicted molar refractivity (Wildman–Crippen MR) is 99.7 cm³/mol. The fraction of sp³-hybridized carbons (Fsp3) is 0.350. The van der Waals surface area contributed by atoms with Crippen LogP contribution in [0.25, 0.3) is 0 Å². The molecule has 3 N–H and O–H groups in total. The number of fused-ring (bicyclic) bond motifs is 2. The fourth-order valence-corrected chi connectivity index (χ4v) is 4.60. The van der Waals surface area contributed by atoms with Gasteiger partial charge in [0.05, 0.1) is 29.2 Å². The van der Waals surface area contributed by atoms with Crippen molar-refractivity contribution in [2.45, 2.75) is 24.9 Å². The number of para-hydroxylation sites is 1. The van der Waals surface area contributed by atoms with E-state index in [9.17, 15) is 5.11 Å². The van der Waals surface area contributed by atoms with Crippen molar-refractivity contribution < 1.29 is 5.11 Å². The van der Waals surface area contributed by atoms with Gasteiger partial charge in [-0.15, -0.1) is 0 Å². The highest BCUT2D eigenvalue weighted by molar-refractivity contribution is 5.97. The molecule has 0 aliphatic carbocycles. The third-order valence-corrected chi connectivity index (χ3v) is 5.84. The minimum Gasteiger partial charge on any atom is -0.506 e. The first-order chi connectivity index (χ1) is 12.2. The third-order valence-electron chi connectivity index (χ3n) is 5.84. The highest BCUT2D eigenvalue weighted by Gasteiger charge is 2.50. The van der Waals surface area contributed by atoms with Gasteiger partial charge in [0, 0.05) is 5.92 Å². The van der Waals surface area contributed by atoms with Crippen LogP contribution in [-0.2, 0) is 0 Å². The Morgan fingerprint density at radius 2 is 1.76 bits per heavy atom. The van der Waals surface area contributed by atoms with Gasteiger partial charge in [0.15, 0.2) is 0 Å². The number of phenols is 1. The zero-order valence-corrected chi connectivity index (χ0v) is 14.0. The number of anilines is 2. The van der Waals surface area contributed by atoms with Gasteiger partial charge < -0.3 is 10.8 Å². The van der Waals surface area contributed by atoms with Crippen LogP contribution in [0, 0.1) is 5.92 Å². The second kappa shape index (κ2) is 5.49. The monoisotopic (exact) mass is 334 g/mol. The Bertz CT molecular complexity index is 827. The Balaban J connectivity index is 1.63. The minimum atomic E-state index is 0.100. The lowest BCUT2D eigenvalue weighted by Gasteiger charge is -2.46. The molecule has 0 amide bonds. The van der Waals surface area contributed by atoms with Crippen molar-refractivity contribution >= 4 is 17.1 Å². The molecule has 2 aromatic carbocycles. The molecule has 5 nitrogen and oxygen atoms in total. The first-order valence-corrected chi connectivity index (χ1v) is 8.97. The van der Waals surface area contributed by atoms with Crippen molar-refractivity contribution in [3.63, 3.8) is 0 Å². The van der Waals surface area contributed by atoms with E-state index in [0.717, 1.165) is 24.3 Å². The molecule has 2 atom stereocenters. The molecule has 0 radical (unpaired) electrons. The van der Waals surface area contributed by atoms with Crippen LogP contribution in [-0.4, -0.2) is 34.8 Å². The Hall–Kier alpha value is -2.53. The number of benzene rings is 2. The molecule has 25 heavy (non-hydrogen) atoms. The summed E-state index contributed by atoms with van der Waals surface area (Å²) in [5, 5.41) is 17.1. The SMILES string of the molecule is Nc1cc(C2C3C(=NN2c2ccccc2)C2CCN3CC2)ccc1O. The van der Waals surface area contributed by atoms with Crippen LogP contribution >= 0.6 is 0 Å². The molecule has 0 saturated carbocycles. The lowest BCUT2D eigenvalue weighted by atomic mass is 9.78. The molecule has 3 saturated heterocycles. The van der Waals surface area contributed by atoms with Gasteiger partial charge in [0.2, 0.25) is 0 Å². The molecule has 6 rings (SSSR count). The van der Waals surface area contributed by atoms with E-state index >= 15 is 0 Å². The first kappa shape index (κ1) is 14.8. The van der Waals surface area contributed by atoms with Crippen molar-refractivity contribution in [1.29, 1.82) is 0 Å². The van der Waals surface area contributed by atoms with Crippen molar-refractivity contribution in [1.82, 2.24) is 4.90 Å². The molecule has 0 aromatic heterocycles. The molecule has 3 fully saturated rings. The molecular formula is C20H22N4O. The minimum absolute atomic E-state index is 0.100. The second-order valence-electron chi connectivity index (χ2n) is 7.22. The summed E-state index contributed by atoms with van der Waals surface area (Å²) in [4.78, 5) is 2.56. The maximum absolute atomic E-state index is 9.83. The molecule has 5 heteroatoms. The second-order valence-corrected chi connectivity index (χ2v) is 7.22. The Kier molecular flexibility index (Phi) is 3.25. The van der Waals surface area contributed by atoms with Gasteiger partial charge in [-0.1, -0.05) is 24.3 Å². The number of nitrogens with two attached hydrogens (primary N) is 1. The zero-order chi connectivity index (χ0) is 17.0. The standard InChI is InChI=1S/C20H22N4O/c21-16-12-14(6-7-17(16)25)19-20-18(13-8-10-23(20)11-9-13)22-24(19)15-4-2-1-3-5-15/h1-7,12-13,19-20,25H,8-11,21H2. The molecule has 2 bridgehead atoms. The number of piperidine rings is 3. The number of hydrogen-bond donors (Lipinski definition) is 2. The summed E-state index contributed by atoms with van der Waals surface area (Å²) in [7, 11) is 0. The van der Waals surface area contributed by atoms with Crippen molar-refractivity contribution in [3.8, 4) is 5.75 Å². The normalized spacial score (nSPS) is 30.2. The summed E-state index contributed by atoms with van der Waals surface area (Å²) in [5.41, 5.74) is 9.95. The van der Waals surface area contributed by atoms with Crippen LogP contribution in [0.2, 0.25) is 0 Å². The van der Waals surface area contributed by atoms with Gasteiger partial charge >= 0.3 is 0 Å². The number of nitrogens with zero attached hydrogens (tertiary/aromatic N) is 3. The number of phenolic OH excluding ortho intramolecular Hbond substituents is 1. The molecule has 2 unspecified atom stereocenters. The third kappa shape index (κ3) is 2.23. The topological polar surface area (TPSA) is 65.1 Å². The van der Waals surface area contributed by atoms with Crippen LogP contribution in [0.15, 0.2) is 53.6 Å². The lowest BCUT2D eigenvalue weighted by Crippen LogP contribution is -2.56. The zero-order valence-electron chi connectivity index (χ0n) is 14.0. The average Bonchev–Trinajstić information content (AvgIpc) is 3.08. The Morgan fingerprint density at radius 1 is 1.00 bits per heavy atom. The number of nitrogen functional groups attached to an aromatic ring is 1. The molecular weight excluding hydrogens is 312 g/mol. The summed E-state index contributed by atoms with van der Waals surface area (Å²) >= 11 is 0. The molecule has 4 heterocycles. The quantitative estimate of drug-likeness (QED) is 0.654. The van der Waals surface area contributed by atoms with E-state index in [1.54, 1.807) is 6.07 Å². The largest absolute Gasteiger partial charge is 0.506 e. The summed E-state index contributed by atoms with van der Waals surface area (Å²) in [6.45, 7) is 2.28. The predicted octanol–water partition coefficient (Wildman–Crippen LogP) is 2.99. The van der Waals surface area contributed by atoms with Crippen LogP contribution in [0.4, 0.5) is 11.4 Å². The first-order valence-electron chi connectivity index (χ1n) is 8.97. The van der Waals surface area contributed by atoms with Crippen LogP contribution in [0.3, 0.4) is 0 Å². The maximum atomic E-state index is 9.83. The van der Waals surface area contributed by atoms with E-state index in [1.807, 2.05) is 18.2 Å². The van der Waals surface area contributed by atoms with Gasteiger partial charge in [-0.05, 0) is 55.8 Å². The fourth-order valence-electron chi connectivity index (χ4n) is 4.60. The number of hydrazone groups is 1. The van der Waals surface area contributed by atoms with E-state index in [2.05, 4.69) is 34.2 Å². The number of hydrogen-bond acceptors (Lipinski definition) is 5. The number of rotatable bonds is 2. The summed E-state index contributed by atoms with van der Waals surface area (Å²) in [6.07, 6.45) is 2.42. The lowest BCUT2D eigenvalue weighted by molar-refractivity contribution is 0.137. The van der Waals surface area contributed by atoms with Crippen LogP contribution < -0.4 is 10.7 Å². The molecule has 2 aromatic rings. The highest BCUT2D eigenvalue weighted by Crippen LogP contribution is 2.45. The van der Waals surface area contributed by atoms with E-state index in [4.69, 9.17) is 10.8 Å². The average molecular weight is 334 g/mol. The Labute approximate surface area is 147 Å². The van der Waals surface area contributed by atoms with Gasteiger partial charge in [-0.3, -0.25) is 9.91 Å². The van der Waals surface area contributed by atoms with Crippen LogP contribution in [0.1, 0.15) is 24.4 Å². The van der Waals surface area contributed by atoms with E-state index < -0.39 is 0 Å². The van der Waals surface area contributed by atoms with Crippen molar-refractivity contribution in [3.05, 3.63) is 54.1 Å².